The third-order valence-electron chi connectivity index (χ3n) is 0.218. The predicted octanol–water partition coefficient (Wildman–Crippen LogP) is -5.62. The summed E-state index contributed by atoms with van der Waals surface area (Å²) in [5.41, 5.74) is 0. The monoisotopic (exact) mass is 290 g/mol. The average molecular weight is 291 g/mol. The van der Waals surface area contributed by atoms with Crippen LogP contribution in [-0.2, 0) is 0 Å². The Labute approximate surface area is 180 Å². The van der Waals surface area contributed by atoms with Crippen molar-refractivity contribution in [3.8, 4) is 0 Å². The first-order valence-electron chi connectivity index (χ1n) is 2.78. The van der Waals surface area contributed by atoms with Gasteiger partial charge in [-0.2, -0.15) is 0 Å². The Bertz CT molecular complexity index is 112. The number of carbonyl (C=O) groups excluding carboxylic acids is 1. The summed E-state index contributed by atoms with van der Waals surface area (Å²) in [7, 11) is 0. The minimum absolute atomic E-state index is 0. The van der Waals surface area contributed by atoms with Gasteiger partial charge in [0.15, 0.2) is 0 Å². The van der Waals surface area contributed by atoms with Crippen LogP contribution in [0.3, 0.4) is 0 Å². The summed E-state index contributed by atoms with van der Waals surface area (Å²) < 4.78 is 0. The first-order chi connectivity index (χ1) is 5.56. The van der Waals surface area contributed by atoms with Gasteiger partial charge in [-0.15, -0.1) is 36.4 Å². The van der Waals surface area contributed by atoms with Crippen molar-refractivity contribution in [3.63, 3.8) is 0 Å². The third kappa shape index (κ3) is 128. The molecule has 0 saturated heterocycles. The van der Waals surface area contributed by atoms with Crippen LogP contribution >= 0.6 is 23.2 Å². The van der Waals surface area contributed by atoms with Crippen molar-refractivity contribution in [2.24, 2.45) is 0 Å². The maximum Gasteiger partial charge on any atom is 1.00 e. The van der Waals surface area contributed by atoms with E-state index in [1.54, 1.807) is 12.2 Å². The number of alkyl halides is 2. The molecule has 0 aliphatic rings. The molecule has 0 aromatic rings. The van der Waals surface area contributed by atoms with Crippen molar-refractivity contribution in [2.75, 3.05) is 11.8 Å². The first kappa shape index (κ1) is 30.0. The van der Waals surface area contributed by atoms with E-state index >= 15 is 0 Å². The van der Waals surface area contributed by atoms with Gasteiger partial charge in [-0.1, -0.05) is 12.2 Å². The Hall–Kier alpha value is 2.60. The van der Waals surface area contributed by atoms with Crippen LogP contribution < -0.4 is 113 Å². The van der Waals surface area contributed by atoms with Crippen molar-refractivity contribution in [3.05, 3.63) is 25.3 Å². The zero-order chi connectivity index (χ0) is 10.4. The molecular weight excluding hydrogens is 281 g/mol. The van der Waals surface area contributed by atoms with Gasteiger partial charge in [0.2, 0.25) is 0 Å². The smallest absolute Gasteiger partial charge is 0.652 e. The van der Waals surface area contributed by atoms with Crippen LogP contribution in [0.15, 0.2) is 25.3 Å². The van der Waals surface area contributed by atoms with E-state index in [-0.39, 0.29) is 103 Å². The van der Waals surface area contributed by atoms with Gasteiger partial charge >= 0.3 is 103 Å². The summed E-state index contributed by atoms with van der Waals surface area (Å²) >= 11 is 10.1. The molecule has 72 valence electrons. The quantitative estimate of drug-likeness (QED) is 0.289. The van der Waals surface area contributed by atoms with Crippen LogP contribution in [0.2, 0.25) is 0 Å². The van der Waals surface area contributed by atoms with Crippen LogP contribution in [-0.4, -0.2) is 17.9 Å². The summed E-state index contributed by atoms with van der Waals surface area (Å²) in [4.78, 5) is 8.33. The molecule has 0 heterocycles. The van der Waals surface area contributed by atoms with Crippen LogP contribution in [0.5, 0.6) is 0 Å². The average Bonchev–Trinajstić information content (AvgIpc) is 2.03. The number of carbonyl (C=O) groups is 1. The van der Waals surface area contributed by atoms with Crippen molar-refractivity contribution in [1.82, 2.24) is 0 Å². The molecule has 0 spiro atoms. The Kier molecular flexibility index (Phi) is 77.4. The number of hydrogen-bond acceptors (Lipinski definition) is 3. The molecule has 0 atom stereocenters. The second-order valence-corrected chi connectivity index (χ2v) is 1.75. The molecule has 0 aromatic carbocycles. The molecule has 0 bridgehead atoms. The molecule has 0 fully saturated rings. The molecule has 0 radical (unpaired) electrons. The van der Waals surface area contributed by atoms with Gasteiger partial charge in [0, 0.05) is 11.8 Å². The van der Waals surface area contributed by atoms with Crippen LogP contribution in [0.4, 0.5) is 4.79 Å². The molecule has 0 N–H and O–H groups in total. The van der Waals surface area contributed by atoms with Gasteiger partial charge in [0.1, 0.15) is 0 Å². The van der Waals surface area contributed by atoms with Gasteiger partial charge in [0.05, 0.1) is 0 Å². The summed E-state index contributed by atoms with van der Waals surface area (Å²) in [6.45, 7) is 6.69. The fraction of sp³-hybridized carbons (Fsp3) is 0.286. The summed E-state index contributed by atoms with van der Waals surface area (Å²) in [5, 5.41) is 16.7. The van der Waals surface area contributed by atoms with Crippen molar-refractivity contribution >= 4 is 29.4 Å². The first-order valence-corrected chi connectivity index (χ1v) is 3.85. The normalized spacial score (nSPS) is 5.29. The molecule has 0 unspecified atom stereocenters. The molecular formula is C7H10Cl2K2O3. The Morgan fingerprint density at radius 1 is 1.07 bits per heavy atom. The van der Waals surface area contributed by atoms with Gasteiger partial charge < -0.3 is 15.0 Å². The molecule has 3 nitrogen and oxygen atoms in total. The van der Waals surface area contributed by atoms with Gasteiger partial charge in [-0.25, -0.2) is 0 Å². The van der Waals surface area contributed by atoms with Crippen LogP contribution in [0.25, 0.3) is 0 Å². The minimum atomic E-state index is -2.33. The summed E-state index contributed by atoms with van der Waals surface area (Å²) in [6, 6.07) is 0. The summed E-state index contributed by atoms with van der Waals surface area (Å²) in [6.07, 6.45) is 0.948. The van der Waals surface area contributed by atoms with Crippen LogP contribution in [0, 0.1) is 0 Å². The molecule has 14 heavy (non-hydrogen) atoms. The van der Waals surface area contributed by atoms with Gasteiger partial charge in [-0.05, 0) is 6.16 Å². The van der Waals surface area contributed by atoms with E-state index in [4.69, 9.17) is 38.2 Å². The van der Waals surface area contributed by atoms with E-state index in [9.17, 15) is 0 Å². The van der Waals surface area contributed by atoms with Gasteiger partial charge in [0.25, 0.3) is 0 Å². The van der Waals surface area contributed by atoms with Crippen molar-refractivity contribution in [2.45, 2.75) is 0 Å². The molecule has 7 heteroatoms. The molecule has 0 aliphatic carbocycles. The minimum Gasteiger partial charge on any atom is -0.652 e. The van der Waals surface area contributed by atoms with E-state index in [1.807, 2.05) is 0 Å². The number of allylic oxidation sites excluding steroid dienone is 2. The SMILES string of the molecule is C=CCCl.C=CCCl.O=C([O-])[O-].[K+].[K+]. The third-order valence-corrected chi connectivity index (χ3v) is 0.655. The fourth-order valence-electron chi connectivity index (χ4n) is 0. The van der Waals surface area contributed by atoms with Gasteiger partial charge in [-0.3, -0.25) is 0 Å². The van der Waals surface area contributed by atoms with E-state index in [0.29, 0.717) is 11.8 Å². The molecule has 0 aromatic heterocycles. The summed E-state index contributed by atoms with van der Waals surface area (Å²) in [5.74, 6) is 1.11. The second kappa shape index (κ2) is 36.1. The maximum atomic E-state index is 8.33. The number of halogens is 2. The van der Waals surface area contributed by atoms with E-state index in [0.717, 1.165) is 0 Å². The van der Waals surface area contributed by atoms with Crippen molar-refractivity contribution < 1.29 is 118 Å². The number of rotatable bonds is 2. The standard InChI is InChI=1S/2C3H5Cl.CH2O3.2K/c2*1-2-3-4;2-1(3)4;;/h2*2H,1,3H2;(H2,2,3,4);;/q;;;2*+1/p-2. The van der Waals surface area contributed by atoms with Crippen molar-refractivity contribution in [1.29, 1.82) is 0 Å². The predicted molar refractivity (Wildman–Crippen MR) is 47.2 cm³/mol. The fourth-order valence-corrected chi connectivity index (χ4v) is 0. The maximum absolute atomic E-state index is 8.33. The Morgan fingerprint density at radius 2 is 1.14 bits per heavy atom. The second-order valence-electron chi connectivity index (χ2n) is 1.14. The topological polar surface area (TPSA) is 63.2 Å². The molecule has 0 rings (SSSR count). The Balaban J connectivity index is -0.0000000270. The van der Waals surface area contributed by atoms with Crippen LogP contribution in [0.1, 0.15) is 0 Å². The van der Waals surface area contributed by atoms with E-state index < -0.39 is 6.16 Å². The number of hydrogen-bond donors (Lipinski definition) is 0. The van der Waals surface area contributed by atoms with E-state index in [2.05, 4.69) is 13.2 Å². The largest absolute Gasteiger partial charge is 1.00 e. The van der Waals surface area contributed by atoms with E-state index in [1.165, 1.54) is 0 Å². The molecule has 0 aliphatic heterocycles. The Morgan fingerprint density at radius 3 is 1.14 bits per heavy atom. The number of carboxylic acid groups (broad SMARTS) is 2. The zero-order valence-corrected chi connectivity index (χ0v) is 16.2. The molecule has 0 saturated carbocycles. The molecule has 0 amide bonds. The zero-order valence-electron chi connectivity index (χ0n) is 8.46.